The number of hydrogen-bond acceptors (Lipinski definition) is 3. The molecule has 1 atom stereocenters. The first-order chi connectivity index (χ1) is 7.31. The summed E-state index contributed by atoms with van der Waals surface area (Å²) < 4.78 is 0. The molecule has 82 valence electrons. The first-order valence-electron chi connectivity index (χ1n) is 5.47. The van der Waals surface area contributed by atoms with Gasteiger partial charge in [0.15, 0.2) is 0 Å². The summed E-state index contributed by atoms with van der Waals surface area (Å²) in [4.78, 5) is 0. The largest absolute Gasteiger partial charge is 0.508 e. The number of rotatable bonds is 3. The van der Waals surface area contributed by atoms with Crippen LogP contribution < -0.4 is 5.32 Å². The fraction of sp³-hybridized carbons (Fsp3) is 0.500. The molecule has 0 spiro atoms. The Hall–Kier alpha value is -1.06. The van der Waals surface area contributed by atoms with E-state index in [9.17, 15) is 5.11 Å². The van der Waals surface area contributed by atoms with Crippen LogP contribution in [0.4, 0.5) is 0 Å². The van der Waals surface area contributed by atoms with Gasteiger partial charge in [-0.25, -0.2) is 0 Å². The van der Waals surface area contributed by atoms with Gasteiger partial charge in [0.25, 0.3) is 0 Å². The minimum atomic E-state index is 0.171. The number of aliphatic hydroxyl groups excluding tert-OH is 1. The Morgan fingerprint density at radius 1 is 1.40 bits per heavy atom. The Kier molecular flexibility index (Phi) is 3.23. The highest BCUT2D eigenvalue weighted by atomic mass is 16.3. The van der Waals surface area contributed by atoms with E-state index in [0.29, 0.717) is 18.3 Å². The molecule has 1 aliphatic carbocycles. The molecule has 1 aromatic rings. The van der Waals surface area contributed by atoms with Crippen molar-refractivity contribution < 1.29 is 10.2 Å². The van der Waals surface area contributed by atoms with Gasteiger partial charge in [-0.05, 0) is 42.5 Å². The van der Waals surface area contributed by atoms with Gasteiger partial charge in [-0.15, -0.1) is 0 Å². The highest BCUT2D eigenvalue weighted by molar-refractivity contribution is 5.38. The van der Waals surface area contributed by atoms with Crippen LogP contribution in [0.5, 0.6) is 5.75 Å². The summed E-state index contributed by atoms with van der Waals surface area (Å²) in [6.45, 7) is 0.800. The zero-order valence-electron chi connectivity index (χ0n) is 8.74. The number of phenols is 1. The summed E-state index contributed by atoms with van der Waals surface area (Å²) >= 11 is 0. The van der Waals surface area contributed by atoms with E-state index >= 15 is 0 Å². The molecule has 0 bridgehead atoms. The molecule has 0 amide bonds. The number of hydrogen-bond donors (Lipinski definition) is 3. The van der Waals surface area contributed by atoms with Crippen LogP contribution in [-0.2, 0) is 6.42 Å². The number of benzene rings is 1. The third-order valence-electron chi connectivity index (χ3n) is 2.94. The molecule has 3 heteroatoms. The molecule has 3 nitrogen and oxygen atoms in total. The van der Waals surface area contributed by atoms with Gasteiger partial charge in [0.1, 0.15) is 5.75 Å². The summed E-state index contributed by atoms with van der Waals surface area (Å²) in [5, 5.41) is 21.5. The second-order valence-corrected chi connectivity index (χ2v) is 4.01. The lowest BCUT2D eigenvalue weighted by Gasteiger charge is -2.26. The van der Waals surface area contributed by atoms with Gasteiger partial charge in [-0.1, -0.05) is 6.07 Å². The maximum absolute atomic E-state index is 9.39. The summed E-state index contributed by atoms with van der Waals surface area (Å²) in [7, 11) is 0. The van der Waals surface area contributed by atoms with Crippen LogP contribution >= 0.6 is 0 Å². The van der Waals surface area contributed by atoms with Crippen molar-refractivity contribution in [3.05, 3.63) is 29.3 Å². The molecular formula is C12H17NO2. The average Bonchev–Trinajstić information content (AvgIpc) is 2.25. The van der Waals surface area contributed by atoms with Crippen molar-refractivity contribution in [2.45, 2.75) is 25.3 Å². The summed E-state index contributed by atoms with van der Waals surface area (Å²) in [6.07, 6.45) is 3.29. The van der Waals surface area contributed by atoms with E-state index in [-0.39, 0.29) is 6.61 Å². The first-order valence-corrected chi connectivity index (χ1v) is 5.47. The standard InChI is InChI=1S/C12H17NO2/c14-7-6-13-12-3-1-2-9-8-10(15)4-5-11(9)12/h4-5,8,12-15H,1-3,6-7H2. The van der Waals surface area contributed by atoms with Crippen LogP contribution in [0.2, 0.25) is 0 Å². The Labute approximate surface area is 89.8 Å². The summed E-state index contributed by atoms with van der Waals surface area (Å²) in [5.41, 5.74) is 2.50. The SMILES string of the molecule is OCCNC1CCCc2cc(O)ccc21. The minimum absolute atomic E-state index is 0.171. The van der Waals surface area contributed by atoms with Crippen LogP contribution in [0.15, 0.2) is 18.2 Å². The normalized spacial score (nSPS) is 19.9. The zero-order valence-corrected chi connectivity index (χ0v) is 8.74. The maximum Gasteiger partial charge on any atom is 0.115 e. The number of fused-ring (bicyclic) bond motifs is 1. The lowest BCUT2D eigenvalue weighted by atomic mass is 9.87. The summed E-state index contributed by atoms with van der Waals surface area (Å²) in [6, 6.07) is 5.90. The van der Waals surface area contributed by atoms with Crippen molar-refractivity contribution >= 4 is 0 Å². The molecule has 0 aliphatic heterocycles. The van der Waals surface area contributed by atoms with Crippen molar-refractivity contribution in [3.63, 3.8) is 0 Å². The topological polar surface area (TPSA) is 52.5 Å². The molecule has 0 saturated heterocycles. The smallest absolute Gasteiger partial charge is 0.115 e. The number of aliphatic hydroxyl groups is 1. The lowest BCUT2D eigenvalue weighted by molar-refractivity contribution is 0.280. The monoisotopic (exact) mass is 207 g/mol. The van der Waals surface area contributed by atoms with Gasteiger partial charge in [0.2, 0.25) is 0 Å². The fourth-order valence-electron chi connectivity index (χ4n) is 2.25. The Morgan fingerprint density at radius 2 is 2.27 bits per heavy atom. The molecule has 1 unspecified atom stereocenters. The second kappa shape index (κ2) is 4.64. The van der Waals surface area contributed by atoms with Gasteiger partial charge in [-0.3, -0.25) is 0 Å². The van der Waals surface area contributed by atoms with Crippen molar-refractivity contribution in [3.8, 4) is 5.75 Å². The molecule has 2 rings (SSSR count). The average molecular weight is 207 g/mol. The van der Waals surface area contributed by atoms with Crippen LogP contribution in [0.3, 0.4) is 0 Å². The van der Waals surface area contributed by atoms with Gasteiger partial charge in [0, 0.05) is 12.6 Å². The third kappa shape index (κ3) is 2.30. The Balaban J connectivity index is 2.18. The molecule has 0 heterocycles. The van der Waals surface area contributed by atoms with E-state index in [1.807, 2.05) is 12.1 Å². The van der Waals surface area contributed by atoms with Crippen LogP contribution in [0, 0.1) is 0 Å². The predicted octanol–water partition coefficient (Wildman–Crippen LogP) is 1.35. The van der Waals surface area contributed by atoms with Crippen molar-refractivity contribution in [2.24, 2.45) is 0 Å². The third-order valence-corrected chi connectivity index (χ3v) is 2.94. The Morgan fingerprint density at radius 3 is 3.07 bits per heavy atom. The van der Waals surface area contributed by atoms with Crippen LogP contribution in [-0.4, -0.2) is 23.4 Å². The highest BCUT2D eigenvalue weighted by Crippen LogP contribution is 2.31. The number of phenolic OH excluding ortho intramolecular Hbond substituents is 1. The van der Waals surface area contributed by atoms with E-state index < -0.39 is 0 Å². The maximum atomic E-state index is 9.39. The molecule has 0 fully saturated rings. The zero-order chi connectivity index (χ0) is 10.7. The number of nitrogens with one attached hydrogen (secondary N) is 1. The molecule has 0 aromatic heterocycles. The van der Waals surface area contributed by atoms with Gasteiger partial charge in [-0.2, -0.15) is 0 Å². The van der Waals surface area contributed by atoms with Crippen molar-refractivity contribution in [1.82, 2.24) is 5.32 Å². The molecule has 0 saturated carbocycles. The first kappa shape index (κ1) is 10.5. The molecule has 3 N–H and O–H groups in total. The molecule has 15 heavy (non-hydrogen) atoms. The van der Waals surface area contributed by atoms with E-state index in [1.165, 1.54) is 11.1 Å². The second-order valence-electron chi connectivity index (χ2n) is 4.01. The van der Waals surface area contributed by atoms with E-state index in [0.717, 1.165) is 19.3 Å². The van der Waals surface area contributed by atoms with E-state index in [2.05, 4.69) is 5.32 Å². The van der Waals surface area contributed by atoms with Gasteiger partial charge in [0.05, 0.1) is 6.61 Å². The summed E-state index contributed by atoms with van der Waals surface area (Å²) in [5.74, 6) is 0.344. The lowest BCUT2D eigenvalue weighted by Crippen LogP contribution is -2.27. The van der Waals surface area contributed by atoms with Crippen LogP contribution in [0.1, 0.15) is 30.0 Å². The quantitative estimate of drug-likeness (QED) is 0.701. The van der Waals surface area contributed by atoms with Crippen LogP contribution in [0.25, 0.3) is 0 Å². The van der Waals surface area contributed by atoms with Crippen molar-refractivity contribution in [1.29, 1.82) is 0 Å². The number of aryl methyl sites for hydroxylation is 1. The minimum Gasteiger partial charge on any atom is -0.508 e. The Bertz CT molecular complexity index is 338. The molecule has 0 radical (unpaired) electrons. The van der Waals surface area contributed by atoms with E-state index in [4.69, 9.17) is 5.11 Å². The molecule has 1 aromatic carbocycles. The predicted molar refractivity (Wildman–Crippen MR) is 58.9 cm³/mol. The molecular weight excluding hydrogens is 190 g/mol. The highest BCUT2D eigenvalue weighted by Gasteiger charge is 2.19. The number of aromatic hydroxyl groups is 1. The van der Waals surface area contributed by atoms with E-state index in [1.54, 1.807) is 6.07 Å². The fourth-order valence-corrected chi connectivity index (χ4v) is 2.25. The van der Waals surface area contributed by atoms with Gasteiger partial charge < -0.3 is 15.5 Å². The van der Waals surface area contributed by atoms with Crippen molar-refractivity contribution in [2.75, 3.05) is 13.2 Å². The van der Waals surface area contributed by atoms with Gasteiger partial charge >= 0.3 is 0 Å². The molecule has 1 aliphatic rings.